The number of anilines is 1. The summed E-state index contributed by atoms with van der Waals surface area (Å²) >= 11 is 0. The molecular weight excluding hydrogens is 230 g/mol. The van der Waals surface area contributed by atoms with Crippen LogP contribution in [-0.4, -0.2) is 6.04 Å². The van der Waals surface area contributed by atoms with Gasteiger partial charge in [0.2, 0.25) is 0 Å². The van der Waals surface area contributed by atoms with Crippen molar-refractivity contribution in [2.75, 3.05) is 5.32 Å². The van der Waals surface area contributed by atoms with Gasteiger partial charge in [0, 0.05) is 11.7 Å². The fourth-order valence-electron chi connectivity index (χ4n) is 4.18. The Morgan fingerprint density at radius 1 is 1.05 bits per heavy atom. The van der Waals surface area contributed by atoms with Crippen molar-refractivity contribution in [3.05, 3.63) is 29.8 Å². The second-order valence-corrected chi connectivity index (χ2v) is 6.49. The SMILES string of the molecule is CCC1CCCCC1CC1CCc2ccccc2N1. The van der Waals surface area contributed by atoms with E-state index in [9.17, 15) is 0 Å². The van der Waals surface area contributed by atoms with Crippen LogP contribution in [0.15, 0.2) is 24.3 Å². The molecule has 1 heterocycles. The summed E-state index contributed by atoms with van der Waals surface area (Å²) in [6.45, 7) is 2.38. The molecule has 3 unspecified atom stereocenters. The maximum atomic E-state index is 3.79. The summed E-state index contributed by atoms with van der Waals surface area (Å²) in [5.41, 5.74) is 2.90. The normalized spacial score (nSPS) is 30.5. The average molecular weight is 257 g/mol. The minimum absolute atomic E-state index is 0.715. The lowest BCUT2D eigenvalue weighted by atomic mass is 9.74. The van der Waals surface area contributed by atoms with Gasteiger partial charge in [-0.2, -0.15) is 0 Å². The molecule has 3 atom stereocenters. The zero-order valence-electron chi connectivity index (χ0n) is 12.2. The predicted octanol–water partition coefficient (Wildman–Crippen LogP) is 5.02. The van der Waals surface area contributed by atoms with Gasteiger partial charge in [-0.05, 0) is 42.7 Å². The van der Waals surface area contributed by atoms with Crippen LogP contribution >= 0.6 is 0 Å². The number of rotatable bonds is 3. The Hall–Kier alpha value is -0.980. The first-order valence-corrected chi connectivity index (χ1v) is 8.21. The highest BCUT2D eigenvalue weighted by Crippen LogP contribution is 2.37. The van der Waals surface area contributed by atoms with Gasteiger partial charge in [-0.1, -0.05) is 57.2 Å². The molecule has 1 saturated carbocycles. The average Bonchev–Trinajstić information content (AvgIpc) is 2.48. The van der Waals surface area contributed by atoms with Crippen molar-refractivity contribution in [3.8, 4) is 0 Å². The first-order chi connectivity index (χ1) is 9.36. The third-order valence-electron chi connectivity index (χ3n) is 5.32. The summed E-state index contributed by atoms with van der Waals surface area (Å²) < 4.78 is 0. The number of hydrogen-bond acceptors (Lipinski definition) is 1. The lowest BCUT2D eigenvalue weighted by Crippen LogP contribution is -2.31. The largest absolute Gasteiger partial charge is 0.382 e. The number of para-hydroxylation sites is 1. The minimum atomic E-state index is 0.715. The second-order valence-electron chi connectivity index (χ2n) is 6.49. The third-order valence-corrected chi connectivity index (χ3v) is 5.32. The van der Waals surface area contributed by atoms with E-state index in [1.54, 1.807) is 0 Å². The molecule has 3 rings (SSSR count). The van der Waals surface area contributed by atoms with Gasteiger partial charge in [-0.15, -0.1) is 0 Å². The summed E-state index contributed by atoms with van der Waals surface area (Å²) in [6.07, 6.45) is 11.2. The van der Waals surface area contributed by atoms with Crippen LogP contribution in [0.5, 0.6) is 0 Å². The smallest absolute Gasteiger partial charge is 0.0374 e. The Morgan fingerprint density at radius 2 is 1.84 bits per heavy atom. The first-order valence-electron chi connectivity index (χ1n) is 8.21. The molecule has 1 aliphatic heterocycles. The highest BCUT2D eigenvalue weighted by Gasteiger charge is 2.27. The summed E-state index contributed by atoms with van der Waals surface area (Å²) in [7, 11) is 0. The Balaban J connectivity index is 1.62. The minimum Gasteiger partial charge on any atom is -0.382 e. The van der Waals surface area contributed by atoms with Crippen molar-refractivity contribution in [3.63, 3.8) is 0 Å². The van der Waals surface area contributed by atoms with Gasteiger partial charge in [0.15, 0.2) is 0 Å². The van der Waals surface area contributed by atoms with E-state index >= 15 is 0 Å². The Kier molecular flexibility index (Phi) is 4.10. The fourth-order valence-corrected chi connectivity index (χ4v) is 4.18. The topological polar surface area (TPSA) is 12.0 Å². The van der Waals surface area contributed by atoms with Gasteiger partial charge in [-0.3, -0.25) is 0 Å². The molecule has 1 fully saturated rings. The van der Waals surface area contributed by atoms with Gasteiger partial charge in [0.25, 0.3) is 0 Å². The van der Waals surface area contributed by atoms with Crippen molar-refractivity contribution in [2.45, 2.75) is 64.3 Å². The van der Waals surface area contributed by atoms with E-state index in [-0.39, 0.29) is 0 Å². The van der Waals surface area contributed by atoms with Gasteiger partial charge >= 0.3 is 0 Å². The zero-order chi connectivity index (χ0) is 13.1. The molecule has 104 valence electrons. The molecule has 0 bridgehead atoms. The van der Waals surface area contributed by atoms with Crippen LogP contribution in [0.4, 0.5) is 5.69 Å². The summed E-state index contributed by atoms with van der Waals surface area (Å²) in [4.78, 5) is 0. The number of aryl methyl sites for hydroxylation is 1. The van der Waals surface area contributed by atoms with E-state index < -0.39 is 0 Å². The Labute approximate surface area is 117 Å². The molecule has 1 N–H and O–H groups in total. The number of benzene rings is 1. The molecular formula is C18H27N. The number of nitrogens with one attached hydrogen (secondary N) is 1. The lowest BCUT2D eigenvalue weighted by molar-refractivity contribution is 0.207. The van der Waals surface area contributed by atoms with Crippen molar-refractivity contribution >= 4 is 5.69 Å². The monoisotopic (exact) mass is 257 g/mol. The molecule has 1 heteroatoms. The molecule has 1 nitrogen and oxygen atoms in total. The summed E-state index contributed by atoms with van der Waals surface area (Å²) in [5.74, 6) is 1.97. The molecule has 0 amide bonds. The predicted molar refractivity (Wildman–Crippen MR) is 82.5 cm³/mol. The number of hydrogen-bond donors (Lipinski definition) is 1. The molecule has 1 aliphatic carbocycles. The van der Waals surface area contributed by atoms with Crippen molar-refractivity contribution in [1.29, 1.82) is 0 Å². The molecule has 19 heavy (non-hydrogen) atoms. The number of fused-ring (bicyclic) bond motifs is 1. The van der Waals surface area contributed by atoms with Crippen LogP contribution in [0.1, 0.15) is 57.4 Å². The first kappa shape index (κ1) is 13.0. The van der Waals surface area contributed by atoms with E-state index in [4.69, 9.17) is 0 Å². The maximum Gasteiger partial charge on any atom is 0.0374 e. The highest BCUT2D eigenvalue weighted by molar-refractivity contribution is 5.53. The molecule has 2 aliphatic rings. The van der Waals surface area contributed by atoms with E-state index in [0.29, 0.717) is 6.04 Å². The highest BCUT2D eigenvalue weighted by atomic mass is 14.9. The van der Waals surface area contributed by atoms with E-state index in [1.807, 2.05) is 0 Å². The van der Waals surface area contributed by atoms with Crippen LogP contribution in [0, 0.1) is 11.8 Å². The molecule has 1 aromatic carbocycles. The zero-order valence-corrected chi connectivity index (χ0v) is 12.2. The van der Waals surface area contributed by atoms with Gasteiger partial charge in [0.1, 0.15) is 0 Å². The molecule has 0 radical (unpaired) electrons. The summed E-state index contributed by atoms with van der Waals surface area (Å²) in [6, 6.07) is 9.55. The van der Waals surface area contributed by atoms with Gasteiger partial charge < -0.3 is 5.32 Å². The quantitative estimate of drug-likeness (QED) is 0.801. The molecule has 0 saturated heterocycles. The van der Waals surface area contributed by atoms with Crippen molar-refractivity contribution in [2.24, 2.45) is 11.8 Å². The molecule has 0 aromatic heterocycles. The van der Waals surface area contributed by atoms with E-state index in [2.05, 4.69) is 36.5 Å². The summed E-state index contributed by atoms with van der Waals surface area (Å²) in [5, 5.41) is 3.79. The van der Waals surface area contributed by atoms with Crippen molar-refractivity contribution < 1.29 is 0 Å². The van der Waals surface area contributed by atoms with E-state index in [1.165, 1.54) is 62.6 Å². The van der Waals surface area contributed by atoms with Gasteiger partial charge in [0.05, 0.1) is 0 Å². The van der Waals surface area contributed by atoms with Crippen LogP contribution in [0.3, 0.4) is 0 Å². The lowest BCUT2D eigenvalue weighted by Gasteiger charge is -2.36. The standard InChI is InChI=1S/C18H27N/c1-2-14-7-3-4-9-16(14)13-17-12-11-15-8-5-6-10-18(15)19-17/h5-6,8,10,14,16-17,19H,2-4,7,9,11-13H2,1H3. The Morgan fingerprint density at radius 3 is 2.68 bits per heavy atom. The maximum absolute atomic E-state index is 3.79. The molecule has 1 aromatic rings. The van der Waals surface area contributed by atoms with Crippen LogP contribution in [0.25, 0.3) is 0 Å². The van der Waals surface area contributed by atoms with Crippen LogP contribution in [-0.2, 0) is 6.42 Å². The van der Waals surface area contributed by atoms with Crippen LogP contribution in [0.2, 0.25) is 0 Å². The van der Waals surface area contributed by atoms with E-state index in [0.717, 1.165) is 11.8 Å². The van der Waals surface area contributed by atoms with Gasteiger partial charge in [-0.25, -0.2) is 0 Å². The Bertz CT molecular complexity index is 412. The third kappa shape index (κ3) is 2.96. The fraction of sp³-hybridized carbons (Fsp3) is 0.667. The van der Waals surface area contributed by atoms with Crippen molar-refractivity contribution in [1.82, 2.24) is 0 Å². The second kappa shape index (κ2) is 5.98. The molecule has 0 spiro atoms. The van der Waals surface area contributed by atoms with Crippen LogP contribution < -0.4 is 5.32 Å².